The van der Waals surface area contributed by atoms with E-state index in [1.807, 2.05) is 19.1 Å². The summed E-state index contributed by atoms with van der Waals surface area (Å²) in [5.41, 5.74) is 0.166. The highest BCUT2D eigenvalue weighted by Gasteiger charge is 2.22. The Kier molecular flexibility index (Phi) is 3.64. The van der Waals surface area contributed by atoms with Gasteiger partial charge in [-0.15, -0.1) is 0 Å². The van der Waals surface area contributed by atoms with E-state index in [1.165, 1.54) is 0 Å². The molecule has 0 saturated heterocycles. The van der Waals surface area contributed by atoms with Crippen LogP contribution in [0.3, 0.4) is 0 Å². The molecule has 1 atom stereocenters. The third-order valence-corrected chi connectivity index (χ3v) is 2.49. The Morgan fingerprint density at radius 1 is 1.50 bits per heavy atom. The van der Waals surface area contributed by atoms with E-state index in [0.29, 0.717) is 5.92 Å². The standard InChI is InChI=1S/C12H19NO/c1-10(2)6-7-12(3,14)11-5-4-8-13-9-11/h4-5,8-10,14H,6-7H2,1-3H3. The topological polar surface area (TPSA) is 33.1 Å². The summed E-state index contributed by atoms with van der Waals surface area (Å²) in [5.74, 6) is 0.623. The van der Waals surface area contributed by atoms with Gasteiger partial charge >= 0.3 is 0 Å². The lowest BCUT2D eigenvalue weighted by atomic mass is 9.90. The largest absolute Gasteiger partial charge is 0.385 e. The van der Waals surface area contributed by atoms with Crippen molar-refractivity contribution in [1.29, 1.82) is 0 Å². The first-order chi connectivity index (χ1) is 6.52. The summed E-state index contributed by atoms with van der Waals surface area (Å²) in [6.45, 7) is 6.19. The lowest BCUT2D eigenvalue weighted by molar-refractivity contribution is 0.0417. The van der Waals surface area contributed by atoms with Crippen LogP contribution in [0.15, 0.2) is 24.5 Å². The summed E-state index contributed by atoms with van der Waals surface area (Å²) in [6, 6.07) is 3.78. The smallest absolute Gasteiger partial charge is 0.0883 e. The van der Waals surface area contributed by atoms with E-state index in [9.17, 15) is 5.11 Å². The van der Waals surface area contributed by atoms with Crippen molar-refractivity contribution in [3.05, 3.63) is 30.1 Å². The highest BCUT2D eigenvalue weighted by Crippen LogP contribution is 2.26. The first-order valence-electron chi connectivity index (χ1n) is 5.15. The second kappa shape index (κ2) is 4.56. The molecule has 1 aromatic heterocycles. The Morgan fingerprint density at radius 3 is 2.71 bits per heavy atom. The van der Waals surface area contributed by atoms with Gasteiger partial charge in [-0.1, -0.05) is 19.9 Å². The number of rotatable bonds is 4. The third kappa shape index (κ3) is 3.11. The Balaban J connectivity index is 2.66. The zero-order valence-electron chi connectivity index (χ0n) is 9.20. The normalized spacial score (nSPS) is 15.5. The van der Waals surface area contributed by atoms with Gasteiger partial charge in [0.05, 0.1) is 5.60 Å². The SMILES string of the molecule is CC(C)CCC(C)(O)c1cccnc1. The van der Waals surface area contributed by atoms with Crippen LogP contribution in [-0.2, 0) is 5.60 Å². The molecule has 0 amide bonds. The molecule has 0 aliphatic rings. The van der Waals surface area contributed by atoms with Gasteiger partial charge in [-0.3, -0.25) is 4.98 Å². The molecule has 0 saturated carbocycles. The molecule has 2 heteroatoms. The summed E-state index contributed by atoms with van der Waals surface area (Å²) in [5, 5.41) is 10.2. The van der Waals surface area contributed by atoms with Crippen molar-refractivity contribution in [2.75, 3.05) is 0 Å². The Bertz CT molecular complexity index is 267. The van der Waals surface area contributed by atoms with Crippen molar-refractivity contribution < 1.29 is 5.11 Å². The molecule has 0 fully saturated rings. The summed E-state index contributed by atoms with van der Waals surface area (Å²) >= 11 is 0. The lowest BCUT2D eigenvalue weighted by Crippen LogP contribution is -2.21. The minimum Gasteiger partial charge on any atom is -0.385 e. The zero-order chi connectivity index (χ0) is 10.6. The second-order valence-electron chi connectivity index (χ2n) is 4.45. The van der Waals surface area contributed by atoms with Gasteiger partial charge < -0.3 is 5.11 Å². The van der Waals surface area contributed by atoms with E-state index in [4.69, 9.17) is 0 Å². The summed E-state index contributed by atoms with van der Waals surface area (Å²) < 4.78 is 0. The van der Waals surface area contributed by atoms with Gasteiger partial charge in [0.1, 0.15) is 0 Å². The van der Waals surface area contributed by atoms with Crippen molar-refractivity contribution in [1.82, 2.24) is 4.98 Å². The van der Waals surface area contributed by atoms with Gasteiger partial charge in [0.15, 0.2) is 0 Å². The molecule has 1 aromatic rings. The van der Waals surface area contributed by atoms with Crippen molar-refractivity contribution >= 4 is 0 Å². The predicted octanol–water partition coefficient (Wildman–Crippen LogP) is 2.73. The lowest BCUT2D eigenvalue weighted by Gasteiger charge is -2.24. The molecule has 0 radical (unpaired) electrons. The van der Waals surface area contributed by atoms with Crippen LogP contribution in [0.1, 0.15) is 39.2 Å². The molecule has 14 heavy (non-hydrogen) atoms. The molecular formula is C12H19NO. The van der Waals surface area contributed by atoms with Gasteiger partial charge in [0.25, 0.3) is 0 Å². The highest BCUT2D eigenvalue weighted by atomic mass is 16.3. The van der Waals surface area contributed by atoms with Gasteiger partial charge in [-0.25, -0.2) is 0 Å². The average Bonchev–Trinajstić information content (AvgIpc) is 2.16. The molecule has 1 unspecified atom stereocenters. The summed E-state index contributed by atoms with van der Waals surface area (Å²) in [7, 11) is 0. The van der Waals surface area contributed by atoms with Crippen LogP contribution in [0.5, 0.6) is 0 Å². The Morgan fingerprint density at radius 2 is 2.21 bits per heavy atom. The quantitative estimate of drug-likeness (QED) is 0.797. The first kappa shape index (κ1) is 11.2. The summed E-state index contributed by atoms with van der Waals surface area (Å²) in [4.78, 5) is 4.02. The molecule has 0 spiro atoms. The maximum Gasteiger partial charge on any atom is 0.0883 e. The highest BCUT2D eigenvalue weighted by molar-refractivity contribution is 5.16. The third-order valence-electron chi connectivity index (χ3n) is 2.49. The van der Waals surface area contributed by atoms with Crippen LogP contribution in [0.25, 0.3) is 0 Å². The van der Waals surface area contributed by atoms with Crippen LogP contribution >= 0.6 is 0 Å². The first-order valence-corrected chi connectivity index (χ1v) is 5.15. The number of pyridine rings is 1. The van der Waals surface area contributed by atoms with Gasteiger partial charge in [-0.2, -0.15) is 0 Å². The van der Waals surface area contributed by atoms with Gasteiger partial charge in [0.2, 0.25) is 0 Å². The fourth-order valence-electron chi connectivity index (χ4n) is 1.40. The van der Waals surface area contributed by atoms with E-state index in [0.717, 1.165) is 18.4 Å². The molecule has 78 valence electrons. The fourth-order valence-corrected chi connectivity index (χ4v) is 1.40. The van der Waals surface area contributed by atoms with Crippen LogP contribution in [-0.4, -0.2) is 10.1 Å². The van der Waals surface area contributed by atoms with Gasteiger partial charge in [-0.05, 0) is 31.7 Å². The average molecular weight is 193 g/mol. The predicted molar refractivity (Wildman–Crippen MR) is 57.9 cm³/mol. The molecular weight excluding hydrogens is 174 g/mol. The van der Waals surface area contributed by atoms with Crippen LogP contribution in [0, 0.1) is 5.92 Å². The number of aliphatic hydroxyl groups is 1. The van der Waals surface area contributed by atoms with Crippen LogP contribution < -0.4 is 0 Å². The summed E-state index contributed by atoms with van der Waals surface area (Å²) in [6.07, 6.45) is 5.28. The van der Waals surface area contributed by atoms with Gasteiger partial charge in [0, 0.05) is 18.0 Å². The van der Waals surface area contributed by atoms with E-state index >= 15 is 0 Å². The molecule has 0 bridgehead atoms. The van der Waals surface area contributed by atoms with Crippen molar-refractivity contribution in [2.45, 2.75) is 39.2 Å². The Labute approximate surface area is 86.0 Å². The van der Waals surface area contributed by atoms with Crippen molar-refractivity contribution in [3.63, 3.8) is 0 Å². The molecule has 0 aliphatic carbocycles. The maximum atomic E-state index is 10.2. The molecule has 0 aliphatic heterocycles. The van der Waals surface area contributed by atoms with Crippen LogP contribution in [0.2, 0.25) is 0 Å². The van der Waals surface area contributed by atoms with E-state index < -0.39 is 5.60 Å². The minimum absolute atomic E-state index is 0.623. The Hall–Kier alpha value is -0.890. The zero-order valence-corrected chi connectivity index (χ0v) is 9.20. The number of nitrogens with zero attached hydrogens (tertiary/aromatic N) is 1. The van der Waals surface area contributed by atoms with E-state index in [2.05, 4.69) is 18.8 Å². The van der Waals surface area contributed by atoms with E-state index in [1.54, 1.807) is 12.4 Å². The minimum atomic E-state index is -0.738. The molecule has 0 aromatic carbocycles. The molecule has 1 rings (SSSR count). The van der Waals surface area contributed by atoms with E-state index in [-0.39, 0.29) is 0 Å². The van der Waals surface area contributed by atoms with Crippen molar-refractivity contribution in [2.24, 2.45) is 5.92 Å². The number of hydrogen-bond acceptors (Lipinski definition) is 2. The molecule has 1 N–H and O–H groups in total. The monoisotopic (exact) mass is 193 g/mol. The molecule has 1 heterocycles. The second-order valence-corrected chi connectivity index (χ2v) is 4.45. The fraction of sp³-hybridized carbons (Fsp3) is 0.583. The van der Waals surface area contributed by atoms with Crippen LogP contribution in [0.4, 0.5) is 0 Å². The molecule has 2 nitrogen and oxygen atoms in total. The number of aromatic nitrogens is 1. The maximum absolute atomic E-state index is 10.2. The van der Waals surface area contributed by atoms with Crippen molar-refractivity contribution in [3.8, 4) is 0 Å². The number of hydrogen-bond donors (Lipinski definition) is 1.